The van der Waals surface area contributed by atoms with E-state index < -0.39 is 0 Å². The van der Waals surface area contributed by atoms with E-state index in [1.165, 1.54) is 48.4 Å². The lowest BCUT2D eigenvalue weighted by Crippen LogP contribution is -2.30. The number of hydrogen-bond donors (Lipinski definition) is 1. The van der Waals surface area contributed by atoms with Gasteiger partial charge in [0.25, 0.3) is 0 Å². The fourth-order valence-corrected chi connectivity index (χ4v) is 4.46. The van der Waals surface area contributed by atoms with Crippen molar-refractivity contribution in [1.82, 2.24) is 10.2 Å². The molecular formula is C23H29ClN2OS. The third kappa shape index (κ3) is 7.16. The maximum atomic E-state index is 12.2. The Balaban J connectivity index is 1.38. The van der Waals surface area contributed by atoms with Crippen LogP contribution >= 0.6 is 23.4 Å². The number of piperidine rings is 1. The molecule has 2 aromatic carbocycles. The average molecular weight is 417 g/mol. The number of thioether (sulfide) groups is 1. The van der Waals surface area contributed by atoms with Crippen LogP contribution in [0.25, 0.3) is 0 Å². The Morgan fingerprint density at radius 1 is 1.00 bits per heavy atom. The molecule has 3 nitrogen and oxygen atoms in total. The number of nitrogens with zero attached hydrogens (tertiary/aromatic N) is 1. The van der Waals surface area contributed by atoms with Gasteiger partial charge >= 0.3 is 0 Å². The van der Waals surface area contributed by atoms with Gasteiger partial charge in [0.05, 0.1) is 0 Å². The molecule has 0 spiro atoms. The van der Waals surface area contributed by atoms with E-state index >= 15 is 0 Å². The molecule has 1 N–H and O–H groups in total. The Morgan fingerprint density at radius 2 is 1.71 bits per heavy atom. The summed E-state index contributed by atoms with van der Waals surface area (Å²) in [6.07, 6.45) is 5.38. The molecule has 1 saturated heterocycles. The Hall–Kier alpha value is -1.49. The van der Waals surface area contributed by atoms with Gasteiger partial charge in [-0.2, -0.15) is 0 Å². The Labute approximate surface area is 177 Å². The van der Waals surface area contributed by atoms with E-state index in [-0.39, 0.29) is 5.91 Å². The summed E-state index contributed by atoms with van der Waals surface area (Å²) in [5, 5.41) is 3.85. The van der Waals surface area contributed by atoms with E-state index in [1.54, 1.807) is 11.8 Å². The molecule has 150 valence electrons. The minimum atomic E-state index is 0.129. The zero-order valence-electron chi connectivity index (χ0n) is 16.3. The van der Waals surface area contributed by atoms with E-state index in [0.717, 1.165) is 23.7 Å². The lowest BCUT2D eigenvalue weighted by Gasteiger charge is -2.27. The highest BCUT2D eigenvalue weighted by atomic mass is 35.5. The summed E-state index contributed by atoms with van der Waals surface area (Å²) in [6, 6.07) is 16.3. The molecule has 0 aromatic heterocycles. The number of amides is 1. The van der Waals surface area contributed by atoms with E-state index in [0.29, 0.717) is 13.0 Å². The van der Waals surface area contributed by atoms with Gasteiger partial charge < -0.3 is 5.32 Å². The van der Waals surface area contributed by atoms with Crippen LogP contribution in [0.5, 0.6) is 0 Å². The molecule has 0 saturated carbocycles. The maximum Gasteiger partial charge on any atom is 0.220 e. The van der Waals surface area contributed by atoms with Crippen LogP contribution in [0.1, 0.15) is 43.2 Å². The van der Waals surface area contributed by atoms with Crippen LogP contribution in [-0.4, -0.2) is 29.6 Å². The van der Waals surface area contributed by atoms with Crippen molar-refractivity contribution >= 4 is 29.3 Å². The Bertz CT molecular complexity index is 745. The van der Waals surface area contributed by atoms with Gasteiger partial charge in [0.1, 0.15) is 0 Å². The molecule has 1 heterocycles. The van der Waals surface area contributed by atoms with Crippen LogP contribution in [0.4, 0.5) is 0 Å². The van der Waals surface area contributed by atoms with E-state index in [2.05, 4.69) is 34.5 Å². The van der Waals surface area contributed by atoms with Crippen molar-refractivity contribution in [2.75, 3.05) is 18.8 Å². The van der Waals surface area contributed by atoms with E-state index in [1.807, 2.05) is 24.3 Å². The summed E-state index contributed by atoms with van der Waals surface area (Å²) in [5.41, 5.74) is 2.57. The lowest BCUT2D eigenvalue weighted by atomic mass is 10.0. The van der Waals surface area contributed by atoms with Crippen molar-refractivity contribution < 1.29 is 4.79 Å². The summed E-state index contributed by atoms with van der Waals surface area (Å²) >= 11 is 7.66. The largest absolute Gasteiger partial charge is 0.352 e. The van der Waals surface area contributed by atoms with Crippen LogP contribution in [0, 0.1) is 0 Å². The molecule has 5 heteroatoms. The molecule has 1 amide bonds. The second-order valence-corrected chi connectivity index (χ2v) is 8.89. The summed E-state index contributed by atoms with van der Waals surface area (Å²) in [7, 11) is 0. The van der Waals surface area contributed by atoms with Crippen molar-refractivity contribution in [3.05, 3.63) is 64.7 Å². The first kappa shape index (κ1) is 21.2. The summed E-state index contributed by atoms with van der Waals surface area (Å²) in [4.78, 5) is 15.9. The highest BCUT2D eigenvalue weighted by Crippen LogP contribution is 2.21. The predicted octanol–water partition coefficient (Wildman–Crippen LogP) is 5.51. The molecular weight excluding hydrogens is 388 g/mol. The Morgan fingerprint density at radius 3 is 2.46 bits per heavy atom. The zero-order valence-corrected chi connectivity index (χ0v) is 17.9. The fourth-order valence-electron chi connectivity index (χ4n) is 3.48. The van der Waals surface area contributed by atoms with E-state index in [9.17, 15) is 4.79 Å². The smallest absolute Gasteiger partial charge is 0.220 e. The highest BCUT2D eigenvalue weighted by Gasteiger charge is 2.12. The zero-order chi connectivity index (χ0) is 19.6. The van der Waals surface area contributed by atoms with Gasteiger partial charge in [-0.05, 0) is 73.5 Å². The maximum absolute atomic E-state index is 12.2. The molecule has 1 fully saturated rings. The molecule has 1 aliphatic heterocycles. The van der Waals surface area contributed by atoms with Crippen molar-refractivity contribution in [1.29, 1.82) is 0 Å². The minimum Gasteiger partial charge on any atom is -0.352 e. The highest BCUT2D eigenvalue weighted by molar-refractivity contribution is 7.99. The second kappa shape index (κ2) is 11.5. The molecule has 0 unspecified atom stereocenters. The summed E-state index contributed by atoms with van der Waals surface area (Å²) in [5.74, 6) is 1.06. The number of hydrogen-bond acceptors (Lipinski definition) is 3. The molecule has 2 aromatic rings. The number of benzene rings is 2. The quantitative estimate of drug-likeness (QED) is 0.431. The van der Waals surface area contributed by atoms with Crippen molar-refractivity contribution in [3.8, 4) is 0 Å². The molecule has 1 aliphatic rings. The second-order valence-electron chi connectivity index (χ2n) is 7.29. The van der Waals surface area contributed by atoms with Crippen molar-refractivity contribution in [2.45, 2.75) is 50.1 Å². The number of carbonyl (C=O) groups is 1. The lowest BCUT2D eigenvalue weighted by molar-refractivity contribution is -0.121. The van der Waals surface area contributed by atoms with Crippen LogP contribution in [0.2, 0.25) is 5.02 Å². The fraction of sp³-hybridized carbons (Fsp3) is 0.435. The first-order valence-electron chi connectivity index (χ1n) is 10.1. The normalized spacial score (nSPS) is 14.8. The first-order chi connectivity index (χ1) is 13.7. The number of rotatable bonds is 9. The number of halogens is 1. The molecule has 0 aliphatic carbocycles. The van der Waals surface area contributed by atoms with Gasteiger partial charge in [-0.25, -0.2) is 0 Å². The SMILES string of the molecule is O=C(CCCSc1ccc(Cl)cc1)NCc1ccccc1CN1CCCCC1. The molecule has 28 heavy (non-hydrogen) atoms. The van der Waals surface area contributed by atoms with Crippen LogP contribution in [0.3, 0.4) is 0 Å². The number of likely N-dealkylation sites (tertiary alicyclic amines) is 1. The predicted molar refractivity (Wildman–Crippen MR) is 119 cm³/mol. The van der Waals surface area contributed by atoms with Gasteiger partial charge in [0, 0.05) is 29.4 Å². The number of nitrogens with one attached hydrogen (secondary N) is 1. The monoisotopic (exact) mass is 416 g/mol. The van der Waals surface area contributed by atoms with Gasteiger partial charge in [-0.15, -0.1) is 11.8 Å². The summed E-state index contributed by atoms with van der Waals surface area (Å²) < 4.78 is 0. The van der Waals surface area contributed by atoms with Crippen LogP contribution in [-0.2, 0) is 17.9 Å². The molecule has 3 rings (SSSR count). The van der Waals surface area contributed by atoms with E-state index in [4.69, 9.17) is 11.6 Å². The van der Waals surface area contributed by atoms with Crippen molar-refractivity contribution in [2.24, 2.45) is 0 Å². The van der Waals surface area contributed by atoms with Gasteiger partial charge in [-0.3, -0.25) is 9.69 Å². The topological polar surface area (TPSA) is 32.3 Å². The van der Waals surface area contributed by atoms with Crippen LogP contribution < -0.4 is 5.32 Å². The third-order valence-electron chi connectivity index (χ3n) is 5.07. The third-order valence-corrected chi connectivity index (χ3v) is 6.42. The number of carbonyl (C=O) groups excluding carboxylic acids is 1. The molecule has 0 radical (unpaired) electrons. The average Bonchev–Trinajstić information content (AvgIpc) is 2.73. The Kier molecular flexibility index (Phi) is 8.71. The van der Waals surface area contributed by atoms with Gasteiger partial charge in [-0.1, -0.05) is 42.3 Å². The standard InChI is InChI=1S/C23H29ClN2OS/c24-21-10-12-22(13-11-21)28-16-6-9-23(27)25-17-19-7-2-3-8-20(19)18-26-14-4-1-5-15-26/h2-3,7-8,10-13H,1,4-6,9,14-18H2,(H,25,27). The van der Waals surface area contributed by atoms with Crippen LogP contribution in [0.15, 0.2) is 53.4 Å². The molecule has 0 atom stereocenters. The summed E-state index contributed by atoms with van der Waals surface area (Å²) in [6.45, 7) is 3.98. The van der Waals surface area contributed by atoms with Crippen molar-refractivity contribution in [3.63, 3.8) is 0 Å². The first-order valence-corrected chi connectivity index (χ1v) is 11.5. The molecule has 0 bridgehead atoms. The minimum absolute atomic E-state index is 0.129. The van der Waals surface area contributed by atoms with Gasteiger partial charge in [0.15, 0.2) is 0 Å². The van der Waals surface area contributed by atoms with Gasteiger partial charge in [0.2, 0.25) is 5.91 Å².